The second kappa shape index (κ2) is 6.61. The molecule has 1 aromatic rings. The van der Waals surface area contributed by atoms with Crippen LogP contribution in [0.3, 0.4) is 0 Å². The van der Waals surface area contributed by atoms with E-state index in [-0.39, 0.29) is 6.04 Å². The van der Waals surface area contributed by atoms with Crippen molar-refractivity contribution in [3.63, 3.8) is 0 Å². The molecule has 0 bridgehead atoms. The van der Waals surface area contributed by atoms with Gasteiger partial charge in [-0.2, -0.15) is 0 Å². The van der Waals surface area contributed by atoms with Crippen molar-refractivity contribution in [1.29, 1.82) is 0 Å². The number of carbonyl (C=O) groups excluding carboxylic acids is 1. The zero-order chi connectivity index (χ0) is 12.8. The molecule has 1 unspecified atom stereocenters. The Kier molecular flexibility index (Phi) is 4.84. The highest BCUT2D eigenvalue weighted by Crippen LogP contribution is 2.27. The largest absolute Gasteiger partial charge is 0.494 e. The van der Waals surface area contributed by atoms with Crippen molar-refractivity contribution in [3.8, 4) is 11.5 Å². The van der Waals surface area contributed by atoms with Crippen molar-refractivity contribution in [2.75, 3.05) is 12.5 Å². The summed E-state index contributed by atoms with van der Waals surface area (Å²) < 4.78 is 5.62. The van der Waals surface area contributed by atoms with Crippen LogP contribution >= 0.6 is 11.6 Å². The fourth-order valence-corrected chi connectivity index (χ4v) is 1.97. The van der Waals surface area contributed by atoms with Gasteiger partial charge in [0.1, 0.15) is 18.1 Å². The predicted molar refractivity (Wildman–Crippen MR) is 69.2 cm³/mol. The third-order valence-corrected chi connectivity index (χ3v) is 3.02. The molecular weight excluding hydrogens is 254 g/mol. The van der Waals surface area contributed by atoms with Crippen molar-refractivity contribution < 1.29 is 14.4 Å². The van der Waals surface area contributed by atoms with E-state index in [1.54, 1.807) is 0 Å². The number of ether oxygens (including phenoxy) is 1. The summed E-state index contributed by atoms with van der Waals surface area (Å²) in [5.41, 5.74) is 3.67. The highest BCUT2D eigenvalue weighted by molar-refractivity contribution is 6.17. The van der Waals surface area contributed by atoms with Gasteiger partial charge in [0.2, 0.25) is 0 Å². The lowest BCUT2D eigenvalue weighted by molar-refractivity contribution is -0.111. The molecule has 5 heteroatoms. The van der Waals surface area contributed by atoms with Gasteiger partial charge in [0.25, 0.3) is 0 Å². The van der Waals surface area contributed by atoms with Crippen molar-refractivity contribution >= 4 is 17.9 Å². The lowest BCUT2D eigenvalue weighted by Gasteiger charge is -2.22. The monoisotopic (exact) mass is 269 g/mol. The van der Waals surface area contributed by atoms with E-state index in [1.807, 2.05) is 18.2 Å². The Balaban J connectivity index is 1.95. The molecule has 1 heterocycles. The summed E-state index contributed by atoms with van der Waals surface area (Å²) in [5.74, 6) is 2.22. The molecule has 1 N–H and O–H groups in total. The van der Waals surface area contributed by atoms with Crippen molar-refractivity contribution in [1.82, 2.24) is 5.48 Å². The van der Waals surface area contributed by atoms with E-state index in [9.17, 15) is 4.79 Å². The minimum atomic E-state index is -0.288. The molecule has 18 heavy (non-hydrogen) atoms. The smallest absolute Gasteiger partial charge is 0.150 e. The van der Waals surface area contributed by atoms with Crippen molar-refractivity contribution in [3.05, 3.63) is 23.8 Å². The molecule has 0 radical (unpaired) electrons. The number of alkyl halides is 1. The maximum absolute atomic E-state index is 10.7. The molecular formula is C13H16ClNO3. The zero-order valence-corrected chi connectivity index (χ0v) is 10.8. The average Bonchev–Trinajstić information content (AvgIpc) is 2.42. The number of carbonyl (C=O) groups is 1. The summed E-state index contributed by atoms with van der Waals surface area (Å²) in [5, 5.41) is 0. The third-order valence-electron chi connectivity index (χ3n) is 2.75. The number of hydroxylamine groups is 1. The number of halogens is 1. The van der Waals surface area contributed by atoms with E-state index in [1.165, 1.54) is 0 Å². The van der Waals surface area contributed by atoms with Crippen LogP contribution < -0.4 is 15.1 Å². The lowest BCUT2D eigenvalue weighted by Crippen LogP contribution is -2.39. The van der Waals surface area contributed by atoms with Gasteiger partial charge in [-0.15, -0.1) is 17.1 Å². The van der Waals surface area contributed by atoms with Gasteiger partial charge >= 0.3 is 0 Å². The van der Waals surface area contributed by atoms with Crippen LogP contribution in [0.15, 0.2) is 18.2 Å². The van der Waals surface area contributed by atoms with Gasteiger partial charge in [-0.25, -0.2) is 0 Å². The highest BCUT2D eigenvalue weighted by atomic mass is 35.5. The molecule has 4 nitrogen and oxygen atoms in total. The summed E-state index contributed by atoms with van der Waals surface area (Å²) in [6.45, 7) is 0.654. The molecule has 1 atom stereocenters. The van der Waals surface area contributed by atoms with Crippen LogP contribution in [0.2, 0.25) is 0 Å². The Morgan fingerprint density at radius 2 is 2.39 bits per heavy atom. The zero-order valence-electron chi connectivity index (χ0n) is 10.0. The molecule has 2 rings (SSSR count). The Morgan fingerprint density at radius 1 is 1.50 bits per heavy atom. The second-order valence-corrected chi connectivity index (χ2v) is 4.56. The SMILES string of the molecule is O=CC1Cc2cc(OCCCCCl)ccc2ON1. The summed E-state index contributed by atoms with van der Waals surface area (Å²) in [4.78, 5) is 16.0. The molecule has 1 aliphatic rings. The normalized spacial score (nSPS) is 17.7. The van der Waals surface area contributed by atoms with E-state index in [0.717, 1.165) is 36.2 Å². The molecule has 0 saturated heterocycles. The molecule has 0 aromatic heterocycles. The summed E-state index contributed by atoms with van der Waals surface area (Å²) in [6, 6.07) is 5.35. The van der Waals surface area contributed by atoms with Gasteiger partial charge in [-0.1, -0.05) is 0 Å². The Hall–Kier alpha value is -1.26. The van der Waals surface area contributed by atoms with Gasteiger partial charge in [0.15, 0.2) is 5.75 Å². The van der Waals surface area contributed by atoms with Crippen LogP contribution in [0, 0.1) is 0 Å². The van der Waals surface area contributed by atoms with Gasteiger partial charge in [-0.05, 0) is 31.0 Å². The number of nitrogens with one attached hydrogen (secondary N) is 1. The van der Waals surface area contributed by atoms with Crippen LogP contribution in [0.4, 0.5) is 0 Å². The molecule has 0 fully saturated rings. The number of aldehydes is 1. The van der Waals surface area contributed by atoms with Crippen molar-refractivity contribution in [2.24, 2.45) is 0 Å². The number of unbranched alkanes of at least 4 members (excludes halogenated alkanes) is 1. The Labute approximate surface area is 111 Å². The van der Waals surface area contributed by atoms with Crippen LogP contribution in [-0.4, -0.2) is 24.8 Å². The minimum absolute atomic E-state index is 0.288. The number of fused-ring (bicyclic) bond motifs is 1. The minimum Gasteiger partial charge on any atom is -0.494 e. The second-order valence-electron chi connectivity index (χ2n) is 4.18. The summed E-state index contributed by atoms with van der Waals surface area (Å²) >= 11 is 5.60. The number of hydrogen-bond acceptors (Lipinski definition) is 4. The quantitative estimate of drug-likeness (QED) is 0.488. The molecule has 0 spiro atoms. The lowest BCUT2D eigenvalue weighted by atomic mass is 10.0. The predicted octanol–water partition coefficient (Wildman–Crippen LogP) is 2.09. The van der Waals surface area contributed by atoms with E-state index in [4.69, 9.17) is 21.2 Å². The molecule has 1 aromatic carbocycles. The van der Waals surface area contributed by atoms with Crippen LogP contribution in [0.25, 0.3) is 0 Å². The molecule has 98 valence electrons. The highest BCUT2D eigenvalue weighted by Gasteiger charge is 2.19. The van der Waals surface area contributed by atoms with Crippen molar-refractivity contribution in [2.45, 2.75) is 25.3 Å². The first-order valence-electron chi connectivity index (χ1n) is 6.03. The third kappa shape index (κ3) is 3.37. The molecule has 0 saturated carbocycles. The van der Waals surface area contributed by atoms with E-state index < -0.39 is 0 Å². The molecule has 1 aliphatic heterocycles. The van der Waals surface area contributed by atoms with Gasteiger partial charge in [0, 0.05) is 17.9 Å². The fraction of sp³-hybridized carbons (Fsp3) is 0.462. The van der Waals surface area contributed by atoms with Crippen LogP contribution in [-0.2, 0) is 11.2 Å². The van der Waals surface area contributed by atoms with E-state index in [0.29, 0.717) is 18.9 Å². The van der Waals surface area contributed by atoms with Crippen LogP contribution in [0.5, 0.6) is 11.5 Å². The standard InChI is InChI=1S/C13H16ClNO3/c14-5-1-2-6-17-12-3-4-13-10(8-12)7-11(9-16)15-18-13/h3-4,8-9,11,15H,1-2,5-7H2. The maximum Gasteiger partial charge on any atom is 0.150 e. The first-order valence-corrected chi connectivity index (χ1v) is 6.56. The summed E-state index contributed by atoms with van der Waals surface area (Å²) in [7, 11) is 0. The average molecular weight is 270 g/mol. The fourth-order valence-electron chi connectivity index (χ4n) is 1.78. The van der Waals surface area contributed by atoms with Gasteiger partial charge < -0.3 is 14.4 Å². The van der Waals surface area contributed by atoms with E-state index >= 15 is 0 Å². The number of benzene rings is 1. The van der Waals surface area contributed by atoms with E-state index in [2.05, 4.69) is 5.48 Å². The first-order chi connectivity index (χ1) is 8.83. The number of hydrogen-bond donors (Lipinski definition) is 1. The van der Waals surface area contributed by atoms with Gasteiger partial charge in [0.05, 0.1) is 6.61 Å². The maximum atomic E-state index is 10.7. The summed E-state index contributed by atoms with van der Waals surface area (Å²) in [6.07, 6.45) is 3.36. The Morgan fingerprint density at radius 3 is 3.17 bits per heavy atom. The Bertz CT molecular complexity index is 411. The van der Waals surface area contributed by atoms with Crippen LogP contribution in [0.1, 0.15) is 18.4 Å². The topological polar surface area (TPSA) is 47.6 Å². The number of rotatable bonds is 6. The molecule has 0 aliphatic carbocycles. The van der Waals surface area contributed by atoms with Gasteiger partial charge in [-0.3, -0.25) is 0 Å². The first kappa shape index (κ1) is 13.2. The molecule has 0 amide bonds.